The number of hydrogen-bond donors (Lipinski definition) is 1. The van der Waals surface area contributed by atoms with Crippen LogP contribution in [0.5, 0.6) is 23.0 Å². The molecule has 0 unspecified atom stereocenters. The largest absolute Gasteiger partial charge is 0.455 e. The summed E-state index contributed by atoms with van der Waals surface area (Å²) >= 11 is 3.64. The van der Waals surface area contributed by atoms with Gasteiger partial charge in [-0.1, -0.05) is 24.3 Å². The summed E-state index contributed by atoms with van der Waals surface area (Å²) in [6, 6.07) is 20.4. The molecule has 7 heteroatoms. The van der Waals surface area contributed by atoms with Crippen molar-refractivity contribution in [2.45, 2.75) is 12.8 Å². The molecule has 6 rings (SSSR count). The van der Waals surface area contributed by atoms with Crippen molar-refractivity contribution in [3.8, 4) is 23.0 Å². The van der Waals surface area contributed by atoms with Gasteiger partial charge in [-0.3, -0.25) is 4.90 Å². The van der Waals surface area contributed by atoms with E-state index in [1.54, 1.807) is 0 Å². The number of para-hydroxylation sites is 3. The van der Waals surface area contributed by atoms with Gasteiger partial charge in [0.1, 0.15) is 5.75 Å². The van der Waals surface area contributed by atoms with Crippen LogP contribution in [0.2, 0.25) is 0 Å². The molecule has 3 heterocycles. The Hall–Kier alpha value is -3.16. The second-order valence-corrected chi connectivity index (χ2v) is 9.85. The third kappa shape index (κ3) is 4.70. The normalized spacial score (nSPS) is 15.6. The van der Waals surface area contributed by atoms with Gasteiger partial charge in [0.05, 0.1) is 11.2 Å². The summed E-state index contributed by atoms with van der Waals surface area (Å²) < 4.78 is 18.3. The van der Waals surface area contributed by atoms with Crippen LogP contribution in [0.15, 0.2) is 71.3 Å². The Bertz CT molecular complexity index is 1330. The number of rotatable bonds is 7. The van der Waals surface area contributed by atoms with Gasteiger partial charge in [-0.2, -0.15) is 0 Å². The molecule has 0 radical (unpaired) electrons. The molecule has 0 aliphatic carbocycles. The zero-order valence-corrected chi connectivity index (χ0v) is 21.1. The number of nitrogens with zero attached hydrogens (tertiary/aromatic N) is 2. The van der Waals surface area contributed by atoms with Gasteiger partial charge < -0.3 is 24.1 Å². The zero-order chi connectivity index (χ0) is 23.6. The molecule has 2 aliphatic heterocycles. The summed E-state index contributed by atoms with van der Waals surface area (Å²) in [4.78, 5) is 8.41. The molecule has 4 aromatic rings. The molecule has 1 saturated heterocycles. The lowest BCUT2D eigenvalue weighted by atomic mass is 10.1. The van der Waals surface area contributed by atoms with E-state index in [1.807, 2.05) is 30.3 Å². The average molecular weight is 534 g/mol. The van der Waals surface area contributed by atoms with Gasteiger partial charge in [0.2, 0.25) is 6.79 Å². The molecular weight excluding hydrogens is 506 g/mol. The molecule has 6 nitrogen and oxygen atoms in total. The second kappa shape index (κ2) is 9.84. The van der Waals surface area contributed by atoms with Crippen molar-refractivity contribution in [1.29, 1.82) is 0 Å². The van der Waals surface area contributed by atoms with E-state index >= 15 is 0 Å². The third-order valence-corrected chi connectivity index (χ3v) is 7.48. The van der Waals surface area contributed by atoms with Gasteiger partial charge in [-0.25, -0.2) is 0 Å². The van der Waals surface area contributed by atoms with Crippen molar-refractivity contribution < 1.29 is 14.2 Å². The van der Waals surface area contributed by atoms with Crippen molar-refractivity contribution in [2.75, 3.05) is 44.4 Å². The van der Waals surface area contributed by atoms with Crippen LogP contribution in [0, 0.1) is 0 Å². The molecule has 35 heavy (non-hydrogen) atoms. The quantitative estimate of drug-likeness (QED) is 0.306. The number of fused-ring (bicyclic) bond motifs is 2. The maximum atomic E-state index is 6.27. The number of aryl methyl sites for hydroxylation is 1. The number of hydrogen-bond acceptors (Lipinski definition) is 5. The van der Waals surface area contributed by atoms with Crippen molar-refractivity contribution in [3.05, 3.63) is 76.9 Å². The first-order valence-corrected chi connectivity index (χ1v) is 12.9. The lowest BCUT2D eigenvalue weighted by molar-refractivity contribution is 0.174. The summed E-state index contributed by atoms with van der Waals surface area (Å²) in [5.74, 6) is 3.11. The Balaban J connectivity index is 1.04. The van der Waals surface area contributed by atoms with Crippen molar-refractivity contribution >= 4 is 32.5 Å². The number of benzene rings is 3. The fourth-order valence-electron chi connectivity index (χ4n) is 4.96. The molecule has 1 fully saturated rings. The van der Waals surface area contributed by atoms with E-state index in [9.17, 15) is 0 Å². The van der Waals surface area contributed by atoms with Crippen LogP contribution in [-0.2, 0) is 6.42 Å². The molecule has 180 valence electrons. The Morgan fingerprint density at radius 1 is 0.914 bits per heavy atom. The molecule has 0 bridgehead atoms. The third-order valence-electron chi connectivity index (χ3n) is 6.82. The van der Waals surface area contributed by atoms with Crippen LogP contribution in [-0.4, -0.2) is 49.4 Å². The SMILES string of the molecule is Brc1cccc2c(CCCN3CCN(c4ccccc4Oc4ccc5c(c4)OCO5)CC3)c[nH]c12. The predicted molar refractivity (Wildman–Crippen MR) is 142 cm³/mol. The fraction of sp³-hybridized carbons (Fsp3) is 0.286. The molecule has 0 amide bonds. The Labute approximate surface area is 213 Å². The molecular formula is C28H28BrN3O3. The number of piperazine rings is 1. The Morgan fingerprint density at radius 3 is 2.69 bits per heavy atom. The van der Waals surface area contributed by atoms with Crippen LogP contribution in [0.3, 0.4) is 0 Å². The summed E-state index contributed by atoms with van der Waals surface area (Å²) in [5, 5.41) is 1.32. The molecule has 0 spiro atoms. The number of H-pyrrole nitrogens is 1. The monoisotopic (exact) mass is 533 g/mol. The van der Waals surface area contributed by atoms with Crippen molar-refractivity contribution in [1.82, 2.24) is 9.88 Å². The van der Waals surface area contributed by atoms with E-state index < -0.39 is 0 Å². The number of nitrogens with one attached hydrogen (secondary N) is 1. The summed E-state index contributed by atoms with van der Waals surface area (Å²) in [6.07, 6.45) is 4.40. The van der Waals surface area contributed by atoms with Crippen LogP contribution >= 0.6 is 15.9 Å². The van der Waals surface area contributed by atoms with Gasteiger partial charge in [-0.15, -0.1) is 0 Å². The van der Waals surface area contributed by atoms with E-state index in [2.05, 4.69) is 67.2 Å². The van der Waals surface area contributed by atoms with Crippen LogP contribution < -0.4 is 19.1 Å². The molecule has 3 aromatic carbocycles. The van der Waals surface area contributed by atoms with E-state index in [1.165, 1.54) is 16.5 Å². The second-order valence-electron chi connectivity index (χ2n) is 8.99. The number of halogens is 1. The van der Waals surface area contributed by atoms with Gasteiger partial charge >= 0.3 is 0 Å². The first-order chi connectivity index (χ1) is 17.2. The zero-order valence-electron chi connectivity index (χ0n) is 19.5. The van der Waals surface area contributed by atoms with Gasteiger partial charge in [-0.05, 0) is 71.2 Å². The summed E-state index contributed by atoms with van der Waals surface area (Å²) in [6.45, 7) is 5.46. The maximum Gasteiger partial charge on any atom is 0.231 e. The molecule has 0 atom stereocenters. The highest BCUT2D eigenvalue weighted by atomic mass is 79.9. The lowest BCUT2D eigenvalue weighted by Gasteiger charge is -2.36. The van der Waals surface area contributed by atoms with Crippen LogP contribution in [0.4, 0.5) is 5.69 Å². The minimum absolute atomic E-state index is 0.263. The Morgan fingerprint density at radius 2 is 1.77 bits per heavy atom. The Kier molecular flexibility index (Phi) is 6.27. The van der Waals surface area contributed by atoms with Crippen LogP contribution in [0.25, 0.3) is 10.9 Å². The highest BCUT2D eigenvalue weighted by molar-refractivity contribution is 9.10. The predicted octanol–water partition coefficient (Wildman–Crippen LogP) is 6.21. The van der Waals surface area contributed by atoms with E-state index in [0.717, 1.165) is 78.7 Å². The topological polar surface area (TPSA) is 50.0 Å². The standard InChI is InChI=1S/C28H28BrN3O3/c29-23-7-3-6-22-20(18-30-28(22)23)5-4-12-31-13-15-32(16-14-31)24-8-1-2-9-25(24)35-21-10-11-26-27(17-21)34-19-33-26/h1-3,6-11,17-18,30H,4-5,12-16,19H2. The summed E-state index contributed by atoms with van der Waals surface area (Å²) in [7, 11) is 0. The summed E-state index contributed by atoms with van der Waals surface area (Å²) in [5.41, 5.74) is 3.72. The number of aromatic amines is 1. The molecule has 1 N–H and O–H groups in total. The average Bonchev–Trinajstić information content (AvgIpc) is 3.53. The number of ether oxygens (including phenoxy) is 3. The maximum absolute atomic E-state index is 6.27. The van der Waals surface area contributed by atoms with E-state index in [0.29, 0.717) is 0 Å². The van der Waals surface area contributed by atoms with Gasteiger partial charge in [0.25, 0.3) is 0 Å². The van der Waals surface area contributed by atoms with E-state index in [4.69, 9.17) is 14.2 Å². The van der Waals surface area contributed by atoms with Gasteiger partial charge in [0.15, 0.2) is 17.2 Å². The van der Waals surface area contributed by atoms with Crippen molar-refractivity contribution in [3.63, 3.8) is 0 Å². The van der Waals surface area contributed by atoms with E-state index in [-0.39, 0.29) is 6.79 Å². The van der Waals surface area contributed by atoms with Crippen molar-refractivity contribution in [2.24, 2.45) is 0 Å². The highest BCUT2D eigenvalue weighted by Crippen LogP contribution is 2.39. The molecule has 0 saturated carbocycles. The highest BCUT2D eigenvalue weighted by Gasteiger charge is 2.21. The van der Waals surface area contributed by atoms with Gasteiger partial charge in [0, 0.05) is 48.3 Å². The first-order valence-electron chi connectivity index (χ1n) is 12.1. The molecule has 2 aliphatic rings. The van der Waals surface area contributed by atoms with Crippen LogP contribution in [0.1, 0.15) is 12.0 Å². The minimum atomic E-state index is 0.263. The fourth-order valence-corrected chi connectivity index (χ4v) is 5.44. The number of anilines is 1. The minimum Gasteiger partial charge on any atom is -0.455 e. The molecule has 1 aromatic heterocycles. The smallest absolute Gasteiger partial charge is 0.231 e. The first kappa shape index (κ1) is 22.3. The lowest BCUT2D eigenvalue weighted by Crippen LogP contribution is -2.46. The number of aromatic nitrogens is 1.